The van der Waals surface area contributed by atoms with Gasteiger partial charge in [0.1, 0.15) is 0 Å². The molecule has 1 aromatic rings. The Morgan fingerprint density at radius 2 is 2.11 bits per heavy atom. The number of carbonyl (C=O) groups is 1. The van der Waals surface area contributed by atoms with Gasteiger partial charge in [-0.2, -0.15) is 0 Å². The molecule has 0 fully saturated rings. The van der Waals surface area contributed by atoms with Gasteiger partial charge in [-0.05, 0) is 42.9 Å². The molecular formula is C16H24N2O. The van der Waals surface area contributed by atoms with Gasteiger partial charge in [-0.3, -0.25) is 4.79 Å². The van der Waals surface area contributed by atoms with Crippen molar-refractivity contribution in [3.8, 4) is 0 Å². The molecule has 0 aromatic heterocycles. The van der Waals surface area contributed by atoms with E-state index in [1.165, 1.54) is 5.56 Å². The van der Waals surface area contributed by atoms with Gasteiger partial charge in [0.05, 0.1) is 0 Å². The van der Waals surface area contributed by atoms with E-state index in [1.54, 1.807) is 0 Å². The van der Waals surface area contributed by atoms with Crippen molar-refractivity contribution in [3.05, 3.63) is 29.8 Å². The maximum atomic E-state index is 12.4. The molecule has 0 saturated heterocycles. The molecule has 19 heavy (non-hydrogen) atoms. The Labute approximate surface area is 115 Å². The third kappa shape index (κ3) is 3.35. The van der Waals surface area contributed by atoms with Crippen molar-refractivity contribution in [2.75, 3.05) is 18.0 Å². The van der Waals surface area contributed by atoms with Crippen LogP contribution < -0.4 is 10.6 Å². The lowest BCUT2D eigenvalue weighted by Gasteiger charge is -2.22. The summed E-state index contributed by atoms with van der Waals surface area (Å²) in [7, 11) is 0. The predicted octanol–water partition coefficient (Wildman–Crippen LogP) is 2.59. The fourth-order valence-electron chi connectivity index (χ4n) is 2.88. The molecule has 1 unspecified atom stereocenters. The second-order valence-corrected chi connectivity index (χ2v) is 5.86. The smallest absolute Gasteiger partial charge is 0.227 e. The minimum absolute atomic E-state index is 0.223. The molecule has 0 aliphatic carbocycles. The summed E-state index contributed by atoms with van der Waals surface area (Å²) in [5.41, 5.74) is 8.16. The Balaban J connectivity index is 2.01. The number of amides is 1. The Morgan fingerprint density at radius 1 is 1.37 bits per heavy atom. The van der Waals surface area contributed by atoms with Crippen molar-refractivity contribution >= 4 is 11.6 Å². The number of rotatable bonds is 5. The Hall–Kier alpha value is -1.35. The number of fused-ring (bicyclic) bond motifs is 1. The molecular weight excluding hydrogens is 236 g/mol. The molecule has 0 saturated carbocycles. The van der Waals surface area contributed by atoms with Crippen LogP contribution in [0.15, 0.2) is 24.3 Å². The number of para-hydroxylation sites is 1. The van der Waals surface area contributed by atoms with E-state index >= 15 is 0 Å². The Bertz CT molecular complexity index is 442. The normalized spacial score (nSPS) is 15.7. The summed E-state index contributed by atoms with van der Waals surface area (Å²) in [4.78, 5) is 14.4. The zero-order chi connectivity index (χ0) is 13.8. The first-order chi connectivity index (χ1) is 9.11. The molecule has 1 aliphatic heterocycles. The lowest BCUT2D eigenvalue weighted by Crippen LogP contribution is -2.32. The van der Waals surface area contributed by atoms with Gasteiger partial charge in [0.15, 0.2) is 0 Å². The predicted molar refractivity (Wildman–Crippen MR) is 79.1 cm³/mol. The molecule has 0 spiro atoms. The standard InChI is InChI=1S/C16H24N2O/c1-12(2)9-13(11-17)10-16(19)18-8-7-14-5-3-4-6-15(14)18/h3-6,12-13H,7-11,17H2,1-2H3. The first-order valence-electron chi connectivity index (χ1n) is 7.20. The molecule has 1 aromatic carbocycles. The van der Waals surface area contributed by atoms with E-state index in [0.29, 0.717) is 24.8 Å². The van der Waals surface area contributed by atoms with Gasteiger partial charge in [0, 0.05) is 18.7 Å². The van der Waals surface area contributed by atoms with Gasteiger partial charge < -0.3 is 10.6 Å². The maximum Gasteiger partial charge on any atom is 0.227 e. The molecule has 3 nitrogen and oxygen atoms in total. The summed E-state index contributed by atoms with van der Waals surface area (Å²) in [5.74, 6) is 1.12. The van der Waals surface area contributed by atoms with Crippen LogP contribution in [0, 0.1) is 11.8 Å². The van der Waals surface area contributed by atoms with Crippen LogP contribution in [0.25, 0.3) is 0 Å². The highest BCUT2D eigenvalue weighted by Crippen LogP contribution is 2.29. The molecule has 1 aliphatic rings. The van der Waals surface area contributed by atoms with Crippen LogP contribution in [0.5, 0.6) is 0 Å². The highest BCUT2D eigenvalue weighted by atomic mass is 16.2. The van der Waals surface area contributed by atoms with E-state index in [-0.39, 0.29) is 5.91 Å². The van der Waals surface area contributed by atoms with E-state index in [1.807, 2.05) is 23.1 Å². The van der Waals surface area contributed by atoms with Crippen LogP contribution in [0.2, 0.25) is 0 Å². The first-order valence-corrected chi connectivity index (χ1v) is 7.20. The average Bonchev–Trinajstić information content (AvgIpc) is 2.81. The van der Waals surface area contributed by atoms with Crippen molar-refractivity contribution in [3.63, 3.8) is 0 Å². The van der Waals surface area contributed by atoms with E-state index in [9.17, 15) is 4.79 Å². The molecule has 2 rings (SSSR count). The van der Waals surface area contributed by atoms with Crippen LogP contribution in [0.1, 0.15) is 32.3 Å². The second kappa shape index (κ2) is 6.20. The lowest BCUT2D eigenvalue weighted by atomic mass is 9.94. The van der Waals surface area contributed by atoms with Crippen molar-refractivity contribution in [1.82, 2.24) is 0 Å². The molecule has 104 valence electrons. The average molecular weight is 260 g/mol. The van der Waals surface area contributed by atoms with Crippen molar-refractivity contribution in [2.45, 2.75) is 33.1 Å². The van der Waals surface area contributed by atoms with Gasteiger partial charge in [0.2, 0.25) is 5.91 Å². The van der Waals surface area contributed by atoms with Gasteiger partial charge in [-0.1, -0.05) is 32.0 Å². The Morgan fingerprint density at radius 3 is 2.79 bits per heavy atom. The van der Waals surface area contributed by atoms with Crippen LogP contribution in [-0.2, 0) is 11.2 Å². The minimum atomic E-state index is 0.223. The van der Waals surface area contributed by atoms with Crippen LogP contribution >= 0.6 is 0 Å². The third-order valence-corrected chi connectivity index (χ3v) is 3.79. The highest BCUT2D eigenvalue weighted by molar-refractivity contribution is 5.95. The van der Waals surface area contributed by atoms with Crippen LogP contribution in [-0.4, -0.2) is 19.0 Å². The SMILES string of the molecule is CC(C)CC(CN)CC(=O)N1CCc2ccccc21. The van der Waals surface area contributed by atoms with Gasteiger partial charge in [-0.15, -0.1) is 0 Å². The van der Waals surface area contributed by atoms with Gasteiger partial charge in [-0.25, -0.2) is 0 Å². The molecule has 1 heterocycles. The van der Waals surface area contributed by atoms with Crippen LogP contribution in [0.4, 0.5) is 5.69 Å². The van der Waals surface area contributed by atoms with Crippen molar-refractivity contribution in [2.24, 2.45) is 17.6 Å². The Kier molecular flexibility index (Phi) is 4.59. The van der Waals surface area contributed by atoms with E-state index in [0.717, 1.165) is 25.1 Å². The molecule has 2 N–H and O–H groups in total. The monoisotopic (exact) mass is 260 g/mol. The summed E-state index contributed by atoms with van der Waals surface area (Å²) in [6.07, 6.45) is 2.57. The zero-order valence-corrected chi connectivity index (χ0v) is 11.9. The molecule has 0 bridgehead atoms. The van der Waals surface area contributed by atoms with Gasteiger partial charge in [0.25, 0.3) is 0 Å². The minimum Gasteiger partial charge on any atom is -0.330 e. The number of nitrogens with zero attached hydrogens (tertiary/aromatic N) is 1. The number of anilines is 1. The number of hydrogen-bond acceptors (Lipinski definition) is 2. The molecule has 1 atom stereocenters. The molecule has 1 amide bonds. The topological polar surface area (TPSA) is 46.3 Å². The summed E-state index contributed by atoms with van der Waals surface area (Å²) < 4.78 is 0. The summed E-state index contributed by atoms with van der Waals surface area (Å²) >= 11 is 0. The fraction of sp³-hybridized carbons (Fsp3) is 0.562. The highest BCUT2D eigenvalue weighted by Gasteiger charge is 2.25. The van der Waals surface area contributed by atoms with Crippen LogP contribution in [0.3, 0.4) is 0 Å². The van der Waals surface area contributed by atoms with E-state index in [2.05, 4.69) is 19.9 Å². The van der Waals surface area contributed by atoms with E-state index < -0.39 is 0 Å². The summed E-state index contributed by atoms with van der Waals surface area (Å²) in [5, 5.41) is 0. The third-order valence-electron chi connectivity index (χ3n) is 3.79. The number of benzene rings is 1. The first kappa shape index (κ1) is 14.1. The number of carbonyl (C=O) groups excluding carboxylic acids is 1. The molecule has 0 radical (unpaired) electrons. The van der Waals surface area contributed by atoms with E-state index in [4.69, 9.17) is 5.73 Å². The quantitative estimate of drug-likeness (QED) is 0.884. The maximum absolute atomic E-state index is 12.4. The second-order valence-electron chi connectivity index (χ2n) is 5.86. The molecule has 3 heteroatoms. The summed E-state index contributed by atoms with van der Waals surface area (Å²) in [6, 6.07) is 8.19. The number of hydrogen-bond donors (Lipinski definition) is 1. The lowest BCUT2D eigenvalue weighted by molar-refractivity contribution is -0.119. The van der Waals surface area contributed by atoms with Crippen molar-refractivity contribution in [1.29, 1.82) is 0 Å². The van der Waals surface area contributed by atoms with Gasteiger partial charge >= 0.3 is 0 Å². The van der Waals surface area contributed by atoms with Crippen molar-refractivity contribution < 1.29 is 4.79 Å². The zero-order valence-electron chi connectivity index (χ0n) is 11.9. The summed E-state index contributed by atoms with van der Waals surface area (Å²) in [6.45, 7) is 5.77. The number of nitrogens with two attached hydrogens (primary N) is 1. The fourth-order valence-corrected chi connectivity index (χ4v) is 2.88. The largest absolute Gasteiger partial charge is 0.330 e.